The van der Waals surface area contributed by atoms with Gasteiger partial charge < -0.3 is 14.2 Å². The van der Waals surface area contributed by atoms with Crippen LogP contribution >= 0.6 is 0 Å². The molecule has 0 fully saturated rings. The van der Waals surface area contributed by atoms with Crippen molar-refractivity contribution >= 4 is 5.97 Å². The lowest BCUT2D eigenvalue weighted by Crippen LogP contribution is -2.02. The Morgan fingerprint density at radius 3 is 3.00 bits per heavy atom. The van der Waals surface area contributed by atoms with E-state index in [0.29, 0.717) is 6.54 Å². The van der Waals surface area contributed by atoms with Crippen LogP contribution in [-0.2, 0) is 6.54 Å². The molecular formula is C8H8N4O3. The standard InChI is InChI=1S/C8H8N4O3/c1-5-9-2-3-12(5)4-6-10-7(8(13)14)11-15-6/h2-3H,4H2,1H3,(H,13,14). The topological polar surface area (TPSA) is 94.0 Å². The van der Waals surface area contributed by atoms with E-state index in [2.05, 4.69) is 15.1 Å². The molecule has 0 spiro atoms. The van der Waals surface area contributed by atoms with Gasteiger partial charge in [-0.3, -0.25) is 0 Å². The highest BCUT2D eigenvalue weighted by Crippen LogP contribution is 2.03. The van der Waals surface area contributed by atoms with E-state index in [1.165, 1.54) is 0 Å². The maximum Gasteiger partial charge on any atom is 0.377 e. The van der Waals surface area contributed by atoms with Crippen LogP contribution in [0.2, 0.25) is 0 Å². The Bertz CT molecular complexity index is 488. The molecule has 7 nitrogen and oxygen atoms in total. The Kier molecular flexibility index (Phi) is 2.20. The van der Waals surface area contributed by atoms with Crippen molar-refractivity contribution in [3.8, 4) is 0 Å². The Morgan fingerprint density at radius 2 is 2.47 bits per heavy atom. The number of rotatable bonds is 3. The molecule has 2 aromatic rings. The number of hydrogen-bond donors (Lipinski definition) is 1. The number of carboxylic acid groups (broad SMARTS) is 1. The first-order chi connectivity index (χ1) is 7.16. The fourth-order valence-electron chi connectivity index (χ4n) is 1.12. The molecule has 7 heteroatoms. The maximum absolute atomic E-state index is 10.5. The number of carbonyl (C=O) groups is 1. The monoisotopic (exact) mass is 208 g/mol. The summed E-state index contributed by atoms with van der Waals surface area (Å²) < 4.78 is 6.54. The molecule has 0 atom stereocenters. The van der Waals surface area contributed by atoms with Crippen LogP contribution in [0.5, 0.6) is 0 Å². The molecule has 0 aromatic carbocycles. The number of aromatic nitrogens is 4. The van der Waals surface area contributed by atoms with E-state index in [0.717, 1.165) is 5.82 Å². The van der Waals surface area contributed by atoms with E-state index in [1.807, 2.05) is 6.92 Å². The number of imidazole rings is 1. The summed E-state index contributed by atoms with van der Waals surface area (Å²) in [5, 5.41) is 11.9. The first-order valence-electron chi connectivity index (χ1n) is 4.20. The molecule has 2 rings (SSSR count). The van der Waals surface area contributed by atoms with E-state index in [9.17, 15) is 4.79 Å². The van der Waals surface area contributed by atoms with E-state index in [4.69, 9.17) is 9.63 Å². The van der Waals surface area contributed by atoms with Crippen LogP contribution in [0.3, 0.4) is 0 Å². The average Bonchev–Trinajstić information content (AvgIpc) is 2.77. The van der Waals surface area contributed by atoms with Crippen LogP contribution in [0.4, 0.5) is 0 Å². The van der Waals surface area contributed by atoms with Crippen LogP contribution < -0.4 is 0 Å². The zero-order valence-electron chi connectivity index (χ0n) is 7.91. The SMILES string of the molecule is Cc1nccn1Cc1nc(C(=O)O)no1. The third-order valence-corrected chi connectivity index (χ3v) is 1.89. The highest BCUT2D eigenvalue weighted by atomic mass is 16.5. The highest BCUT2D eigenvalue weighted by Gasteiger charge is 2.13. The molecule has 0 aliphatic heterocycles. The van der Waals surface area contributed by atoms with Gasteiger partial charge in [-0.1, -0.05) is 0 Å². The second-order valence-corrected chi connectivity index (χ2v) is 2.92. The Labute approximate surface area is 84.4 Å². The van der Waals surface area contributed by atoms with Crippen LogP contribution in [0.1, 0.15) is 22.3 Å². The summed E-state index contributed by atoms with van der Waals surface area (Å²) >= 11 is 0. The Balaban J connectivity index is 2.18. The minimum Gasteiger partial charge on any atom is -0.475 e. The molecule has 15 heavy (non-hydrogen) atoms. The summed E-state index contributed by atoms with van der Waals surface area (Å²) in [4.78, 5) is 18.2. The van der Waals surface area contributed by atoms with Crippen LogP contribution in [-0.4, -0.2) is 30.8 Å². The molecule has 2 aromatic heterocycles. The van der Waals surface area contributed by atoms with E-state index in [-0.39, 0.29) is 11.7 Å². The van der Waals surface area contributed by atoms with Crippen LogP contribution in [0.15, 0.2) is 16.9 Å². The summed E-state index contributed by atoms with van der Waals surface area (Å²) in [6.07, 6.45) is 3.39. The van der Waals surface area contributed by atoms with Crippen molar-refractivity contribution < 1.29 is 14.4 Å². The molecule has 0 unspecified atom stereocenters. The van der Waals surface area contributed by atoms with Gasteiger partial charge in [0.25, 0.3) is 5.82 Å². The van der Waals surface area contributed by atoms with Crippen molar-refractivity contribution in [1.29, 1.82) is 0 Å². The highest BCUT2D eigenvalue weighted by molar-refractivity contribution is 5.82. The van der Waals surface area contributed by atoms with Gasteiger partial charge in [-0.15, -0.1) is 0 Å². The minimum absolute atomic E-state index is 0.244. The molecule has 0 amide bonds. The quantitative estimate of drug-likeness (QED) is 0.780. The van der Waals surface area contributed by atoms with E-state index >= 15 is 0 Å². The van der Waals surface area contributed by atoms with Gasteiger partial charge in [-0.2, -0.15) is 4.98 Å². The molecule has 1 N–H and O–H groups in total. The molecule has 0 aliphatic rings. The number of aryl methyl sites for hydroxylation is 1. The van der Waals surface area contributed by atoms with Crippen molar-refractivity contribution in [2.24, 2.45) is 0 Å². The van der Waals surface area contributed by atoms with Gasteiger partial charge in [-0.25, -0.2) is 9.78 Å². The first-order valence-corrected chi connectivity index (χ1v) is 4.20. The van der Waals surface area contributed by atoms with Crippen LogP contribution in [0, 0.1) is 6.92 Å². The molecule has 0 aliphatic carbocycles. The normalized spacial score (nSPS) is 10.5. The Hall–Kier alpha value is -2.18. The zero-order valence-corrected chi connectivity index (χ0v) is 7.91. The molecule has 0 saturated carbocycles. The summed E-state index contributed by atoms with van der Waals surface area (Å²) in [5.74, 6) is -0.492. The zero-order chi connectivity index (χ0) is 10.8. The van der Waals surface area contributed by atoms with Gasteiger partial charge in [0.05, 0.1) is 0 Å². The lowest BCUT2D eigenvalue weighted by Gasteiger charge is -1.98. The van der Waals surface area contributed by atoms with Crippen molar-refractivity contribution in [2.75, 3.05) is 0 Å². The van der Waals surface area contributed by atoms with Gasteiger partial charge >= 0.3 is 5.97 Å². The molecular weight excluding hydrogens is 200 g/mol. The van der Waals surface area contributed by atoms with Gasteiger partial charge in [0.15, 0.2) is 0 Å². The van der Waals surface area contributed by atoms with Gasteiger partial charge in [0.2, 0.25) is 5.89 Å². The lowest BCUT2D eigenvalue weighted by atomic mass is 10.5. The maximum atomic E-state index is 10.5. The van der Waals surface area contributed by atoms with E-state index < -0.39 is 5.97 Å². The number of hydrogen-bond acceptors (Lipinski definition) is 5. The van der Waals surface area contributed by atoms with Crippen molar-refractivity contribution in [3.05, 3.63) is 29.9 Å². The molecule has 0 radical (unpaired) electrons. The van der Waals surface area contributed by atoms with Crippen molar-refractivity contribution in [3.63, 3.8) is 0 Å². The number of aromatic carboxylic acids is 1. The summed E-state index contributed by atoms with van der Waals surface area (Å²) in [6.45, 7) is 2.15. The number of nitrogens with zero attached hydrogens (tertiary/aromatic N) is 4. The smallest absolute Gasteiger partial charge is 0.377 e. The summed E-state index contributed by atoms with van der Waals surface area (Å²) in [6, 6.07) is 0. The third kappa shape index (κ3) is 1.85. The summed E-state index contributed by atoms with van der Waals surface area (Å²) in [5.41, 5.74) is 0. The fourth-order valence-corrected chi connectivity index (χ4v) is 1.12. The lowest BCUT2D eigenvalue weighted by molar-refractivity contribution is 0.0680. The first kappa shape index (κ1) is 9.38. The molecule has 78 valence electrons. The van der Waals surface area contributed by atoms with Gasteiger partial charge in [0, 0.05) is 12.4 Å². The molecule has 2 heterocycles. The van der Waals surface area contributed by atoms with E-state index in [1.54, 1.807) is 17.0 Å². The molecule has 0 saturated heterocycles. The predicted molar refractivity (Wildman–Crippen MR) is 47.3 cm³/mol. The third-order valence-electron chi connectivity index (χ3n) is 1.89. The predicted octanol–water partition coefficient (Wildman–Crippen LogP) is 0.321. The average molecular weight is 208 g/mol. The summed E-state index contributed by atoms with van der Waals surface area (Å²) in [7, 11) is 0. The second-order valence-electron chi connectivity index (χ2n) is 2.92. The van der Waals surface area contributed by atoms with Gasteiger partial charge in [0.1, 0.15) is 12.4 Å². The second kappa shape index (κ2) is 3.52. The fraction of sp³-hybridized carbons (Fsp3) is 0.250. The van der Waals surface area contributed by atoms with Gasteiger partial charge in [-0.05, 0) is 12.1 Å². The van der Waals surface area contributed by atoms with Crippen molar-refractivity contribution in [1.82, 2.24) is 19.7 Å². The Morgan fingerprint density at radius 1 is 1.67 bits per heavy atom. The van der Waals surface area contributed by atoms with Crippen LogP contribution in [0.25, 0.3) is 0 Å². The largest absolute Gasteiger partial charge is 0.475 e. The minimum atomic E-state index is -1.20. The number of carboxylic acids is 1. The van der Waals surface area contributed by atoms with Crippen molar-refractivity contribution in [2.45, 2.75) is 13.5 Å². The molecule has 0 bridgehead atoms.